The smallest absolute Gasteiger partial charge is 0.148 e. The van der Waals surface area contributed by atoms with E-state index in [1.165, 1.54) is 0 Å². The average molecular weight is 562 g/mol. The second-order valence-corrected chi connectivity index (χ2v) is 11.0. The van der Waals surface area contributed by atoms with Gasteiger partial charge in [0.25, 0.3) is 0 Å². The number of aromatic nitrogens is 2. The quantitative estimate of drug-likeness (QED) is 0.186. The molecule has 0 bridgehead atoms. The monoisotopic (exact) mass is 560 g/mol. The largest absolute Gasteiger partial charge is 0.298 e. The van der Waals surface area contributed by atoms with Crippen LogP contribution < -0.4 is 0 Å². The summed E-state index contributed by atoms with van der Waals surface area (Å²) in [6.45, 7) is 0. The van der Waals surface area contributed by atoms with Crippen molar-refractivity contribution in [1.29, 1.82) is 0 Å². The Kier molecular flexibility index (Phi) is 7.59. The van der Waals surface area contributed by atoms with Gasteiger partial charge in [0.1, 0.15) is 5.78 Å². The molecule has 0 saturated heterocycles. The van der Waals surface area contributed by atoms with Gasteiger partial charge < -0.3 is 0 Å². The van der Waals surface area contributed by atoms with Gasteiger partial charge in [-0.15, -0.1) is 0 Å². The zero-order chi connectivity index (χ0) is 27.5. The molecule has 4 aromatic carbocycles. The van der Waals surface area contributed by atoms with Crippen LogP contribution in [0.15, 0.2) is 122 Å². The molecule has 0 fully saturated rings. The van der Waals surface area contributed by atoms with Crippen LogP contribution in [0.1, 0.15) is 34.1 Å². The molecule has 0 amide bonds. The Morgan fingerprint density at radius 2 is 1.00 bits per heavy atom. The summed E-state index contributed by atoms with van der Waals surface area (Å²) in [5, 5.41) is 3.32. The number of ketones is 1. The van der Waals surface area contributed by atoms with Crippen molar-refractivity contribution in [2.45, 2.75) is 24.7 Å². The van der Waals surface area contributed by atoms with E-state index in [1.54, 1.807) is 0 Å². The lowest BCUT2D eigenvalue weighted by Gasteiger charge is -2.24. The van der Waals surface area contributed by atoms with Gasteiger partial charge in [-0.1, -0.05) is 96.0 Å². The number of benzene rings is 4. The maximum Gasteiger partial charge on any atom is 0.148 e. The number of halogens is 2. The zero-order valence-electron chi connectivity index (χ0n) is 21.7. The van der Waals surface area contributed by atoms with Crippen LogP contribution in [0, 0.1) is 0 Å². The van der Waals surface area contributed by atoms with Gasteiger partial charge in [0.15, 0.2) is 0 Å². The maximum absolute atomic E-state index is 14.6. The van der Waals surface area contributed by atoms with Gasteiger partial charge in [-0.05, 0) is 71.5 Å². The van der Waals surface area contributed by atoms with E-state index in [1.807, 2.05) is 109 Å². The van der Waals surface area contributed by atoms with Crippen LogP contribution in [-0.2, 0) is 17.6 Å². The summed E-state index contributed by atoms with van der Waals surface area (Å²) < 4.78 is 0. The summed E-state index contributed by atoms with van der Waals surface area (Å²) in [5.74, 6) is -0.514. The van der Waals surface area contributed by atoms with Crippen molar-refractivity contribution < 1.29 is 4.79 Å². The Hall–Kier alpha value is -4.05. The first kappa shape index (κ1) is 26.2. The summed E-state index contributed by atoms with van der Waals surface area (Å²) in [4.78, 5) is 23.9. The minimum absolute atomic E-state index is 0.171. The highest BCUT2D eigenvalue weighted by Crippen LogP contribution is 2.33. The molecule has 196 valence electrons. The van der Waals surface area contributed by atoms with E-state index in [4.69, 9.17) is 23.2 Å². The third kappa shape index (κ3) is 5.77. The number of carbonyl (C=O) groups is 1. The normalized spacial score (nSPS) is 12.8. The van der Waals surface area contributed by atoms with Crippen molar-refractivity contribution in [1.82, 2.24) is 9.97 Å². The fourth-order valence-corrected chi connectivity index (χ4v) is 5.69. The summed E-state index contributed by atoms with van der Waals surface area (Å²) >= 11 is 12.3. The molecule has 0 aliphatic heterocycles. The highest BCUT2D eigenvalue weighted by molar-refractivity contribution is 6.31. The topological polar surface area (TPSA) is 42.9 Å². The third-order valence-electron chi connectivity index (χ3n) is 7.38. The number of rotatable bonds is 8. The van der Waals surface area contributed by atoms with Gasteiger partial charge >= 0.3 is 0 Å². The minimum Gasteiger partial charge on any atom is -0.298 e. The lowest BCUT2D eigenvalue weighted by atomic mass is 9.78. The lowest BCUT2D eigenvalue weighted by molar-refractivity contribution is -0.122. The van der Waals surface area contributed by atoms with Gasteiger partial charge in [-0.2, -0.15) is 0 Å². The van der Waals surface area contributed by atoms with Crippen LogP contribution in [0.5, 0.6) is 0 Å². The molecular formula is C35H26Cl2N2O. The molecule has 0 aliphatic rings. The van der Waals surface area contributed by atoms with Gasteiger partial charge in [0, 0.05) is 45.0 Å². The summed E-state index contributed by atoms with van der Waals surface area (Å²) in [7, 11) is 0. The molecule has 2 atom stereocenters. The zero-order valence-corrected chi connectivity index (χ0v) is 23.2. The van der Waals surface area contributed by atoms with Gasteiger partial charge in [0.2, 0.25) is 0 Å². The molecule has 0 aliphatic carbocycles. The predicted molar refractivity (Wildman–Crippen MR) is 164 cm³/mol. The third-order valence-corrected chi connectivity index (χ3v) is 7.85. The van der Waals surface area contributed by atoms with Crippen LogP contribution in [0.3, 0.4) is 0 Å². The summed E-state index contributed by atoms with van der Waals surface area (Å²) in [5.41, 5.74) is 5.69. The molecule has 0 N–H and O–H groups in total. The fraction of sp³-hybridized carbons (Fsp3) is 0.114. The number of pyridine rings is 2. The molecule has 2 aromatic heterocycles. The Morgan fingerprint density at radius 1 is 0.575 bits per heavy atom. The van der Waals surface area contributed by atoms with Crippen molar-refractivity contribution in [2.24, 2.45) is 0 Å². The van der Waals surface area contributed by atoms with Crippen molar-refractivity contribution in [2.75, 3.05) is 0 Å². The summed E-state index contributed by atoms with van der Waals surface area (Å²) in [6.07, 6.45) is 4.81. The van der Waals surface area contributed by atoms with Gasteiger partial charge in [0.05, 0.1) is 11.0 Å². The first-order chi connectivity index (χ1) is 19.5. The predicted octanol–water partition coefficient (Wildman–Crippen LogP) is 9.01. The van der Waals surface area contributed by atoms with E-state index in [2.05, 4.69) is 22.1 Å². The lowest BCUT2D eigenvalue weighted by Crippen LogP contribution is -2.24. The second kappa shape index (κ2) is 11.6. The number of carbonyl (C=O) groups excluding carboxylic acids is 1. The Bertz CT molecular complexity index is 1670. The van der Waals surface area contributed by atoms with E-state index >= 15 is 0 Å². The molecule has 0 radical (unpaired) electrons. The number of Topliss-reactive ketones (excluding diaryl/α,β-unsaturated/α-hetero) is 1. The molecule has 40 heavy (non-hydrogen) atoms. The highest BCUT2D eigenvalue weighted by atomic mass is 35.5. The molecule has 2 unspecified atom stereocenters. The van der Waals surface area contributed by atoms with E-state index in [0.717, 1.165) is 44.1 Å². The minimum atomic E-state index is -0.342. The maximum atomic E-state index is 14.6. The molecule has 3 nitrogen and oxygen atoms in total. The molecule has 0 saturated carbocycles. The second-order valence-electron chi connectivity index (χ2n) is 10.1. The van der Waals surface area contributed by atoms with Crippen LogP contribution in [0.25, 0.3) is 21.8 Å². The van der Waals surface area contributed by atoms with Crippen molar-refractivity contribution in [3.05, 3.63) is 154 Å². The molecular weight excluding hydrogens is 535 g/mol. The number of fused-ring (bicyclic) bond motifs is 2. The Morgan fingerprint density at radius 3 is 1.43 bits per heavy atom. The Labute approximate surface area is 243 Å². The number of hydrogen-bond acceptors (Lipinski definition) is 3. The van der Waals surface area contributed by atoms with Gasteiger partial charge in [-0.25, -0.2) is 0 Å². The average Bonchev–Trinajstić information content (AvgIpc) is 2.99. The van der Waals surface area contributed by atoms with Crippen molar-refractivity contribution >= 4 is 50.8 Å². The first-order valence-corrected chi connectivity index (χ1v) is 14.0. The Balaban J connectivity index is 1.38. The van der Waals surface area contributed by atoms with Crippen molar-refractivity contribution in [3.63, 3.8) is 0 Å². The first-order valence-electron chi connectivity index (χ1n) is 13.3. The van der Waals surface area contributed by atoms with Crippen molar-refractivity contribution in [3.8, 4) is 0 Å². The molecule has 5 heteroatoms. The molecule has 2 heterocycles. The number of hydrogen-bond donors (Lipinski definition) is 0. The highest BCUT2D eigenvalue weighted by Gasteiger charge is 2.30. The van der Waals surface area contributed by atoms with Crippen LogP contribution in [0.2, 0.25) is 10.0 Å². The van der Waals surface area contributed by atoms with E-state index < -0.39 is 0 Å². The summed E-state index contributed by atoms with van der Waals surface area (Å²) in [6, 6.07) is 35.7. The fourth-order valence-electron chi connectivity index (χ4n) is 5.35. The molecule has 6 aromatic rings. The van der Waals surface area contributed by atoms with Crippen LogP contribution in [0.4, 0.5) is 0 Å². The van der Waals surface area contributed by atoms with E-state index in [9.17, 15) is 4.79 Å². The molecule has 0 spiro atoms. The van der Waals surface area contributed by atoms with E-state index in [-0.39, 0.29) is 17.6 Å². The SMILES string of the molecule is O=C(C(Cc1cnc2cc(Cl)ccc2c1)c1ccccc1)C(Cc1cnc2cc(Cl)ccc2c1)c1ccccc1. The van der Waals surface area contributed by atoms with Crippen LogP contribution in [-0.4, -0.2) is 15.8 Å². The molecule has 6 rings (SSSR count). The number of nitrogens with zero attached hydrogens (tertiary/aromatic N) is 2. The standard InChI is InChI=1S/C35H26Cl2N2O/c36-29-13-11-27-15-23(21-38-33(27)19-29)17-31(25-7-3-1-4-8-25)35(40)32(26-9-5-2-6-10-26)18-24-16-28-12-14-30(37)20-34(28)39-22-24/h1-16,19-22,31-32H,17-18H2. The van der Waals surface area contributed by atoms with Gasteiger partial charge in [-0.3, -0.25) is 14.8 Å². The van der Waals surface area contributed by atoms with E-state index in [0.29, 0.717) is 22.9 Å². The van der Waals surface area contributed by atoms with Crippen LogP contribution >= 0.6 is 23.2 Å².